The van der Waals surface area contributed by atoms with Crippen LogP contribution in [0.15, 0.2) is 18.2 Å². The van der Waals surface area contributed by atoms with Crippen molar-refractivity contribution >= 4 is 29.2 Å². The van der Waals surface area contributed by atoms with Crippen molar-refractivity contribution in [2.24, 2.45) is 0 Å². The smallest absolute Gasteiger partial charge is 0.314 e. The summed E-state index contributed by atoms with van der Waals surface area (Å²) in [5.41, 5.74) is 1.05. The zero-order chi connectivity index (χ0) is 15.9. The van der Waals surface area contributed by atoms with E-state index in [1.807, 2.05) is 19.1 Å². The topological polar surface area (TPSA) is 62.4 Å². The van der Waals surface area contributed by atoms with Crippen molar-refractivity contribution < 1.29 is 9.53 Å². The third-order valence-corrected chi connectivity index (χ3v) is 4.34. The van der Waals surface area contributed by atoms with Crippen LogP contribution in [0.2, 0.25) is 10.0 Å². The number of amides is 2. The molecule has 1 aliphatic heterocycles. The van der Waals surface area contributed by atoms with Crippen molar-refractivity contribution in [3.63, 3.8) is 0 Å². The molecule has 0 aliphatic carbocycles. The van der Waals surface area contributed by atoms with Crippen molar-refractivity contribution in [1.29, 1.82) is 0 Å². The maximum Gasteiger partial charge on any atom is 0.314 e. The summed E-state index contributed by atoms with van der Waals surface area (Å²) in [4.78, 5) is 11.6. The standard InChI is InChI=1S/C15H21Cl2N3O2/c1-2-19-15(21)20-9-14-11(8-18-5-6-22-14)10-3-4-12(16)13(17)7-10/h3-4,7,11,14,18H,2,5-6,8-9H2,1H3,(H2,19,20,21)/t11-,14?/m1/s1. The molecule has 1 fully saturated rings. The highest BCUT2D eigenvalue weighted by atomic mass is 35.5. The SMILES string of the molecule is CCNC(=O)NCC1OCCNC[C@@H]1c1ccc(Cl)c(Cl)c1. The van der Waals surface area contributed by atoms with E-state index in [0.29, 0.717) is 29.7 Å². The first-order valence-electron chi connectivity index (χ1n) is 7.40. The number of halogens is 2. The molecule has 1 aromatic rings. The van der Waals surface area contributed by atoms with Gasteiger partial charge in [0.1, 0.15) is 0 Å². The van der Waals surface area contributed by atoms with E-state index in [9.17, 15) is 4.79 Å². The molecular weight excluding hydrogens is 325 g/mol. The van der Waals surface area contributed by atoms with E-state index in [0.717, 1.165) is 18.7 Å². The predicted octanol–water partition coefficient (Wildman–Crippen LogP) is 2.38. The summed E-state index contributed by atoms with van der Waals surface area (Å²) in [5.74, 6) is 0.0965. The lowest BCUT2D eigenvalue weighted by Crippen LogP contribution is -2.42. The van der Waals surface area contributed by atoms with Gasteiger partial charge in [0, 0.05) is 32.1 Å². The molecule has 1 heterocycles. The van der Waals surface area contributed by atoms with Crippen molar-refractivity contribution in [2.75, 3.05) is 32.8 Å². The summed E-state index contributed by atoms with van der Waals surface area (Å²) in [7, 11) is 0. The third-order valence-electron chi connectivity index (χ3n) is 3.60. The Balaban J connectivity index is 2.09. The minimum Gasteiger partial charge on any atom is -0.374 e. The van der Waals surface area contributed by atoms with Gasteiger partial charge in [-0.2, -0.15) is 0 Å². The van der Waals surface area contributed by atoms with Gasteiger partial charge in [0.2, 0.25) is 0 Å². The number of hydrogen-bond acceptors (Lipinski definition) is 3. The molecule has 0 saturated carbocycles. The molecule has 1 unspecified atom stereocenters. The Morgan fingerprint density at radius 1 is 1.36 bits per heavy atom. The van der Waals surface area contributed by atoms with Crippen LogP contribution in [0.5, 0.6) is 0 Å². The van der Waals surface area contributed by atoms with Crippen molar-refractivity contribution in [2.45, 2.75) is 18.9 Å². The Kier molecular flexibility index (Phi) is 6.76. The van der Waals surface area contributed by atoms with Crippen molar-refractivity contribution in [3.8, 4) is 0 Å². The molecule has 2 rings (SSSR count). The molecule has 122 valence electrons. The molecule has 5 nitrogen and oxygen atoms in total. The number of hydrogen-bond donors (Lipinski definition) is 3. The minimum absolute atomic E-state index is 0.0965. The third kappa shape index (κ3) is 4.74. The second-order valence-corrected chi connectivity index (χ2v) is 5.95. The summed E-state index contributed by atoms with van der Waals surface area (Å²) in [6.07, 6.45) is -0.116. The van der Waals surface area contributed by atoms with Gasteiger partial charge in [-0.3, -0.25) is 0 Å². The van der Waals surface area contributed by atoms with E-state index < -0.39 is 0 Å². The number of rotatable bonds is 4. The van der Waals surface area contributed by atoms with Gasteiger partial charge >= 0.3 is 6.03 Å². The lowest BCUT2D eigenvalue weighted by Gasteiger charge is -2.25. The van der Waals surface area contributed by atoms with Crippen LogP contribution in [0.1, 0.15) is 18.4 Å². The highest BCUT2D eigenvalue weighted by Gasteiger charge is 2.26. The fraction of sp³-hybridized carbons (Fsp3) is 0.533. The Hall–Kier alpha value is -1.01. The molecule has 3 N–H and O–H groups in total. The van der Waals surface area contributed by atoms with Crippen molar-refractivity contribution in [3.05, 3.63) is 33.8 Å². The first-order chi connectivity index (χ1) is 10.6. The molecule has 1 aromatic carbocycles. The second-order valence-electron chi connectivity index (χ2n) is 5.13. The van der Waals surface area contributed by atoms with Gasteiger partial charge in [0.25, 0.3) is 0 Å². The van der Waals surface area contributed by atoms with Crippen LogP contribution in [0.4, 0.5) is 4.79 Å². The summed E-state index contributed by atoms with van der Waals surface area (Å²) in [6, 6.07) is 5.42. The molecule has 0 spiro atoms. The summed E-state index contributed by atoms with van der Waals surface area (Å²) >= 11 is 12.1. The van der Waals surface area contributed by atoms with Crippen LogP contribution in [0, 0.1) is 0 Å². The summed E-state index contributed by atoms with van der Waals surface area (Å²) < 4.78 is 5.89. The molecule has 22 heavy (non-hydrogen) atoms. The second kappa shape index (κ2) is 8.58. The first-order valence-corrected chi connectivity index (χ1v) is 8.16. The van der Waals surface area contributed by atoms with Crippen LogP contribution in [-0.4, -0.2) is 44.9 Å². The fourth-order valence-electron chi connectivity index (χ4n) is 2.48. The van der Waals surface area contributed by atoms with Crippen LogP contribution in [0.25, 0.3) is 0 Å². The largest absolute Gasteiger partial charge is 0.374 e. The molecule has 2 atom stereocenters. The molecule has 0 bridgehead atoms. The number of carbonyl (C=O) groups excluding carboxylic acids is 1. The number of nitrogens with one attached hydrogen (secondary N) is 3. The summed E-state index contributed by atoms with van der Waals surface area (Å²) in [6.45, 7) is 5.08. The Morgan fingerprint density at radius 2 is 2.18 bits per heavy atom. The highest BCUT2D eigenvalue weighted by molar-refractivity contribution is 6.42. The highest BCUT2D eigenvalue weighted by Crippen LogP contribution is 2.29. The minimum atomic E-state index is -0.184. The summed E-state index contributed by atoms with van der Waals surface area (Å²) in [5, 5.41) is 9.96. The van der Waals surface area contributed by atoms with Gasteiger partial charge in [-0.05, 0) is 24.6 Å². The Labute approximate surface area is 140 Å². The van der Waals surface area contributed by atoms with Gasteiger partial charge in [0.05, 0.1) is 22.8 Å². The molecule has 2 amide bonds. The normalized spacial score (nSPS) is 22.0. The van der Waals surface area contributed by atoms with E-state index in [-0.39, 0.29) is 18.1 Å². The van der Waals surface area contributed by atoms with Gasteiger partial charge in [-0.1, -0.05) is 29.3 Å². The Bertz CT molecular complexity index is 514. The fourth-order valence-corrected chi connectivity index (χ4v) is 2.79. The van der Waals surface area contributed by atoms with E-state index in [4.69, 9.17) is 27.9 Å². The molecule has 0 radical (unpaired) electrons. The van der Waals surface area contributed by atoms with E-state index in [2.05, 4.69) is 16.0 Å². The van der Waals surface area contributed by atoms with Crippen LogP contribution >= 0.6 is 23.2 Å². The van der Waals surface area contributed by atoms with Crippen molar-refractivity contribution in [1.82, 2.24) is 16.0 Å². The maximum atomic E-state index is 11.6. The van der Waals surface area contributed by atoms with Gasteiger partial charge < -0.3 is 20.7 Å². The predicted molar refractivity (Wildman–Crippen MR) is 88.9 cm³/mol. The molecule has 1 aliphatic rings. The van der Waals surface area contributed by atoms with Crippen LogP contribution < -0.4 is 16.0 Å². The number of urea groups is 1. The van der Waals surface area contributed by atoms with E-state index in [1.54, 1.807) is 6.07 Å². The molecule has 1 saturated heterocycles. The Morgan fingerprint density at radius 3 is 2.91 bits per heavy atom. The van der Waals surface area contributed by atoms with Crippen LogP contribution in [-0.2, 0) is 4.74 Å². The van der Waals surface area contributed by atoms with Crippen LogP contribution in [0.3, 0.4) is 0 Å². The zero-order valence-electron chi connectivity index (χ0n) is 12.5. The van der Waals surface area contributed by atoms with E-state index in [1.165, 1.54) is 0 Å². The molecular formula is C15H21Cl2N3O2. The lowest BCUT2D eigenvalue weighted by atomic mass is 9.93. The van der Waals surface area contributed by atoms with Gasteiger partial charge in [-0.25, -0.2) is 4.79 Å². The van der Waals surface area contributed by atoms with E-state index >= 15 is 0 Å². The lowest BCUT2D eigenvalue weighted by molar-refractivity contribution is 0.0539. The van der Waals surface area contributed by atoms with Gasteiger partial charge in [-0.15, -0.1) is 0 Å². The average molecular weight is 346 g/mol. The number of ether oxygens (including phenoxy) is 1. The quantitative estimate of drug-likeness (QED) is 0.785. The molecule has 7 heteroatoms. The maximum absolute atomic E-state index is 11.6. The number of benzene rings is 1. The molecule has 0 aromatic heterocycles. The first kappa shape index (κ1) is 17.3. The monoisotopic (exact) mass is 345 g/mol. The average Bonchev–Trinajstić information content (AvgIpc) is 2.74. The number of carbonyl (C=O) groups is 1. The van der Waals surface area contributed by atoms with Gasteiger partial charge in [0.15, 0.2) is 0 Å². The zero-order valence-corrected chi connectivity index (χ0v) is 14.0.